The second-order valence-electron chi connectivity index (χ2n) is 27.3. The number of hydrogen-bond donors (Lipinski definition) is 12. The van der Waals surface area contributed by atoms with E-state index in [-0.39, 0.29) is 117 Å². The van der Waals surface area contributed by atoms with E-state index in [1.54, 1.807) is 0 Å². The van der Waals surface area contributed by atoms with Gasteiger partial charge < -0.3 is 102 Å². The molecule has 4 aromatic rings. The Bertz CT molecular complexity index is 2310. The fraction of sp³-hybridized carbons (Fsp3) is 0.600. The predicted molar refractivity (Wildman–Crippen MR) is 358 cm³/mol. The first-order valence-corrected chi connectivity index (χ1v) is 30.6. The predicted octanol–water partition coefficient (Wildman–Crippen LogP) is 11.5. The van der Waals surface area contributed by atoms with E-state index >= 15 is 0 Å². The maximum Gasteiger partial charge on any atom is 3.00 e. The molecule has 2 fully saturated rings. The van der Waals surface area contributed by atoms with Crippen molar-refractivity contribution in [2.24, 2.45) is 10.8 Å². The summed E-state index contributed by atoms with van der Waals surface area (Å²) >= 11 is 0. The standard InChI is InChI=1S/C36H58N6O2.C30H48N4O2.4CH3.4Ni/c1-35(2)23-37-19-27-15-31(41-11-7-5-8-12-41)17-29(33(27)43)21-39-25-36(3,4)26-40-22-30-18-32(42-13-9-6-10-14-42)16-28(34(30)44)20-38-24-35;1-29(2,3)25-13-21-17-31-9-7-11-33-19-23-15-26(30(4,5)6)16-24(28(23)36)20-34-12-8-10-32-18-22(14-25)27(21)35;;;;;;;;/h15-18,37-40,43-44H,5-14,19-26H2,1-4H3;13-16,31-36H,7-12,17-20H2,1-6H3;4*1H3;;;;/q;;4*-1;4*+3. The molecular weight excluding hydrogens is 1280 g/mol. The summed E-state index contributed by atoms with van der Waals surface area (Å²) in [6, 6.07) is 17.3. The van der Waals surface area contributed by atoms with Crippen molar-refractivity contribution in [2.75, 3.05) is 88.3 Å². The number of anilines is 2. The summed E-state index contributed by atoms with van der Waals surface area (Å²) in [5.41, 5.74) is 12.7. The van der Waals surface area contributed by atoms with Gasteiger partial charge in [-0.05, 0) is 135 Å². The normalized spacial score (nSPS) is 18.3. The summed E-state index contributed by atoms with van der Waals surface area (Å²) in [6.07, 6.45) is 9.43. The number of phenolic OH excluding ortho intramolecular Hbond substituents is 4. The molecule has 8 bridgehead atoms. The number of fused-ring (bicyclic) bond motifs is 8. The maximum atomic E-state index is 11.4. The molecule has 4 aliphatic heterocycles. The average Bonchev–Trinajstić information content (AvgIpc) is 1.61. The van der Waals surface area contributed by atoms with Crippen LogP contribution in [0.2, 0.25) is 0 Å². The van der Waals surface area contributed by atoms with Crippen molar-refractivity contribution in [1.29, 1.82) is 0 Å². The molecule has 0 aliphatic carbocycles. The monoisotopic (exact) mass is 1390 g/mol. The van der Waals surface area contributed by atoms with Gasteiger partial charge in [0.1, 0.15) is 23.0 Å². The van der Waals surface area contributed by atoms with E-state index in [1.165, 1.54) is 61.0 Å². The van der Waals surface area contributed by atoms with Crippen LogP contribution in [0.4, 0.5) is 11.4 Å². The molecule has 2 saturated heterocycles. The second kappa shape index (κ2) is 41.1. The van der Waals surface area contributed by atoms with Gasteiger partial charge in [0.15, 0.2) is 0 Å². The van der Waals surface area contributed by atoms with Gasteiger partial charge in [-0.2, -0.15) is 0 Å². The average molecular weight is 1400 g/mol. The number of nitrogens with one attached hydrogen (secondary N) is 8. The molecule has 504 valence electrons. The molecule has 4 aliphatic rings. The largest absolute Gasteiger partial charge is 3.00 e. The fourth-order valence-electron chi connectivity index (χ4n) is 11.5. The number of hydrogen-bond acceptors (Lipinski definition) is 14. The van der Waals surface area contributed by atoms with Gasteiger partial charge in [0, 0.05) is 161 Å². The molecule has 0 atom stereocenters. The molecule has 0 unspecified atom stereocenters. The Hall–Kier alpha value is -2.67. The SMILES string of the molecule is CC(C)(C)c1cc2c(O)c(c1)CNCCCNCc1cc(C(C)(C)C)cc(c1O)CNCCCNC2.CC1(C)CNCc2cc(N3CCCCC3)cc(c2O)CNCC(C)(C)CNCc2cc(N3CCCCC3)cc(c2O)CNC1.[CH3-].[CH3-].[CH3-].[CH3-].[Ni+3].[Ni+3].[Ni+3].[Ni+3]. The van der Waals surface area contributed by atoms with E-state index < -0.39 is 0 Å². The molecule has 14 nitrogen and oxygen atoms in total. The first kappa shape index (κ1) is 87.4. The van der Waals surface area contributed by atoms with Crippen molar-refractivity contribution in [2.45, 2.75) is 184 Å². The number of benzene rings is 4. The molecule has 88 heavy (non-hydrogen) atoms. The summed E-state index contributed by atoms with van der Waals surface area (Å²) < 4.78 is 0. The minimum Gasteiger partial charge on any atom is -0.507 e. The van der Waals surface area contributed by atoms with Crippen molar-refractivity contribution in [1.82, 2.24) is 42.5 Å². The summed E-state index contributed by atoms with van der Waals surface area (Å²) in [4.78, 5) is 4.97. The number of piperidine rings is 2. The zero-order valence-electron chi connectivity index (χ0n) is 56.4. The van der Waals surface area contributed by atoms with Crippen LogP contribution in [0, 0.1) is 40.5 Å². The summed E-state index contributed by atoms with van der Waals surface area (Å²) in [5, 5.41) is 73.3. The van der Waals surface area contributed by atoms with Gasteiger partial charge in [0.2, 0.25) is 0 Å². The topological polar surface area (TPSA) is 184 Å². The Morgan fingerprint density at radius 1 is 0.318 bits per heavy atom. The fourth-order valence-corrected chi connectivity index (χ4v) is 11.5. The number of nitrogens with zero attached hydrogens (tertiary/aromatic N) is 2. The molecule has 12 N–H and O–H groups in total. The number of phenols is 4. The van der Waals surface area contributed by atoms with Crippen LogP contribution in [-0.4, -0.2) is 99.0 Å². The van der Waals surface area contributed by atoms with Gasteiger partial charge in [-0.25, -0.2) is 0 Å². The zero-order chi connectivity index (χ0) is 57.5. The maximum absolute atomic E-state index is 11.4. The van der Waals surface area contributed by atoms with Gasteiger partial charge in [-0.15, -0.1) is 0 Å². The van der Waals surface area contributed by atoms with E-state index in [2.05, 4.69) is 170 Å². The minimum absolute atomic E-state index is 0. The van der Waals surface area contributed by atoms with Crippen LogP contribution in [-0.2, 0) is 129 Å². The van der Waals surface area contributed by atoms with E-state index in [9.17, 15) is 20.4 Å². The summed E-state index contributed by atoms with van der Waals surface area (Å²) in [7, 11) is 0. The molecule has 18 heteroatoms. The van der Waals surface area contributed by atoms with E-state index in [0.717, 1.165) is 136 Å². The van der Waals surface area contributed by atoms with Crippen LogP contribution in [0.1, 0.15) is 176 Å². The molecule has 0 aromatic heterocycles. The van der Waals surface area contributed by atoms with Crippen molar-refractivity contribution in [3.63, 3.8) is 0 Å². The quantitative estimate of drug-likeness (QED) is 0.0673. The molecular formula is C70H118N10Ni4O4+8. The van der Waals surface area contributed by atoms with Crippen molar-refractivity contribution >= 4 is 11.4 Å². The van der Waals surface area contributed by atoms with Gasteiger partial charge in [-0.3, -0.25) is 0 Å². The Labute approximate surface area is 576 Å². The third-order valence-electron chi connectivity index (χ3n) is 16.6. The first-order chi connectivity index (χ1) is 38.1. The Morgan fingerprint density at radius 3 is 0.739 bits per heavy atom. The molecule has 4 radical (unpaired) electrons. The van der Waals surface area contributed by atoms with Gasteiger partial charge >= 0.3 is 66.0 Å². The first-order valence-electron chi connectivity index (χ1n) is 30.6. The smallest absolute Gasteiger partial charge is 0.507 e. The van der Waals surface area contributed by atoms with Gasteiger partial charge in [-0.1, -0.05) is 93.5 Å². The van der Waals surface area contributed by atoms with E-state index in [1.807, 2.05) is 0 Å². The van der Waals surface area contributed by atoms with Gasteiger partial charge in [0.25, 0.3) is 0 Å². The minimum atomic E-state index is -0.0125. The Morgan fingerprint density at radius 2 is 0.523 bits per heavy atom. The van der Waals surface area contributed by atoms with Crippen molar-refractivity contribution < 1.29 is 86.4 Å². The molecule has 8 rings (SSSR count). The summed E-state index contributed by atoms with van der Waals surface area (Å²) in [5.74, 6) is 1.62. The van der Waals surface area contributed by atoms with Crippen molar-refractivity contribution in [3.05, 3.63) is 134 Å². The van der Waals surface area contributed by atoms with Crippen LogP contribution in [0.5, 0.6) is 23.0 Å². The molecule has 4 aromatic carbocycles. The van der Waals surface area contributed by atoms with E-state index in [0.29, 0.717) is 75.4 Å². The van der Waals surface area contributed by atoms with Crippen molar-refractivity contribution in [3.8, 4) is 23.0 Å². The number of aromatic hydroxyl groups is 4. The summed E-state index contributed by atoms with van der Waals surface area (Å²) in [6.45, 7) is 38.4. The van der Waals surface area contributed by atoms with Crippen LogP contribution >= 0.6 is 0 Å². The zero-order valence-corrected chi connectivity index (χ0v) is 60.3. The van der Waals surface area contributed by atoms with Crippen LogP contribution in [0.3, 0.4) is 0 Å². The molecule has 4 heterocycles. The molecule has 0 amide bonds. The third kappa shape index (κ3) is 26.7. The molecule has 0 saturated carbocycles. The van der Waals surface area contributed by atoms with Crippen LogP contribution in [0.25, 0.3) is 0 Å². The second-order valence-corrected chi connectivity index (χ2v) is 27.3. The third-order valence-corrected chi connectivity index (χ3v) is 16.6. The van der Waals surface area contributed by atoms with Crippen LogP contribution in [0.15, 0.2) is 48.5 Å². The van der Waals surface area contributed by atoms with E-state index in [4.69, 9.17) is 0 Å². The van der Waals surface area contributed by atoms with Crippen LogP contribution < -0.4 is 52.3 Å². The molecule has 0 spiro atoms. The Kier molecular flexibility index (Phi) is 40.8. The number of rotatable bonds is 2. The Balaban J connectivity index is 0. The van der Waals surface area contributed by atoms with Gasteiger partial charge in [0.05, 0.1) is 0 Å².